The second kappa shape index (κ2) is 11.5. The molecule has 0 aliphatic heterocycles. The highest BCUT2D eigenvalue weighted by molar-refractivity contribution is 5.86. The number of hydrogen-bond acceptors (Lipinski definition) is 5. The summed E-state index contributed by atoms with van der Waals surface area (Å²) in [7, 11) is 0. The maximum absolute atomic E-state index is 11.7. The minimum atomic E-state index is -1.44. The molecule has 142 valence electrons. The largest absolute Gasteiger partial charge is 0.481 e. The van der Waals surface area contributed by atoms with Crippen LogP contribution in [0.5, 0.6) is 0 Å². The fourth-order valence-electron chi connectivity index (χ4n) is 1.84. The Labute approximate surface area is 143 Å². The smallest absolute Gasteiger partial charge is 0.326 e. The summed E-state index contributed by atoms with van der Waals surface area (Å²) in [5.41, 5.74) is 5.09. The lowest BCUT2D eigenvalue weighted by Crippen LogP contribution is -2.51. The van der Waals surface area contributed by atoms with Crippen LogP contribution in [0.3, 0.4) is 0 Å². The molecule has 0 aliphatic rings. The van der Waals surface area contributed by atoms with Crippen LogP contribution in [0.1, 0.15) is 32.1 Å². The molecule has 2 atom stereocenters. The average molecular weight is 361 g/mol. The fourth-order valence-corrected chi connectivity index (χ4v) is 1.84. The second-order valence-electron chi connectivity index (χ2n) is 5.17. The Morgan fingerprint density at radius 3 is 1.88 bits per heavy atom. The summed E-state index contributed by atoms with van der Waals surface area (Å²) in [5, 5.41) is 40.3. The summed E-state index contributed by atoms with van der Waals surface area (Å²) < 4.78 is 0. The molecule has 0 unspecified atom stereocenters. The summed E-state index contributed by atoms with van der Waals surface area (Å²) in [6.45, 7) is 0.379. The van der Waals surface area contributed by atoms with Crippen molar-refractivity contribution in [2.24, 2.45) is 5.73 Å². The van der Waals surface area contributed by atoms with Crippen molar-refractivity contribution in [2.45, 2.75) is 44.2 Å². The van der Waals surface area contributed by atoms with Gasteiger partial charge < -0.3 is 37.0 Å². The molecule has 0 aromatic heterocycles. The van der Waals surface area contributed by atoms with Crippen molar-refractivity contribution in [1.29, 1.82) is 5.41 Å². The van der Waals surface area contributed by atoms with Gasteiger partial charge >= 0.3 is 23.9 Å². The van der Waals surface area contributed by atoms with Gasteiger partial charge in [-0.25, -0.2) is 14.4 Å². The third kappa shape index (κ3) is 11.2. The quantitative estimate of drug-likeness (QED) is 0.118. The molecule has 0 radical (unpaired) electrons. The summed E-state index contributed by atoms with van der Waals surface area (Å²) in [6, 6.07) is -3.68. The molecule has 2 amide bonds. The summed E-state index contributed by atoms with van der Waals surface area (Å²) >= 11 is 0. The molecular weight excluding hydrogens is 338 g/mol. The SMILES string of the molecule is N=C(N)NCCCC[C@H](NC(=O)N[C@@H](CCC(=O)O)C(=O)O)C(=O)O. The zero-order chi connectivity index (χ0) is 19.4. The van der Waals surface area contributed by atoms with Gasteiger partial charge in [-0.3, -0.25) is 10.2 Å². The van der Waals surface area contributed by atoms with E-state index >= 15 is 0 Å². The van der Waals surface area contributed by atoms with Crippen molar-refractivity contribution in [1.82, 2.24) is 16.0 Å². The van der Waals surface area contributed by atoms with Crippen LogP contribution >= 0.6 is 0 Å². The van der Waals surface area contributed by atoms with Crippen molar-refractivity contribution in [3.8, 4) is 0 Å². The lowest BCUT2D eigenvalue weighted by molar-refractivity contribution is -0.140. The van der Waals surface area contributed by atoms with Crippen molar-refractivity contribution in [3.05, 3.63) is 0 Å². The zero-order valence-corrected chi connectivity index (χ0v) is 13.4. The van der Waals surface area contributed by atoms with Crippen molar-refractivity contribution >= 4 is 29.9 Å². The van der Waals surface area contributed by atoms with Gasteiger partial charge in [0, 0.05) is 13.0 Å². The van der Waals surface area contributed by atoms with Gasteiger partial charge in [-0.15, -0.1) is 0 Å². The maximum Gasteiger partial charge on any atom is 0.326 e. The number of urea groups is 1. The van der Waals surface area contributed by atoms with E-state index in [2.05, 4.69) is 10.6 Å². The van der Waals surface area contributed by atoms with Crippen LogP contribution in [-0.2, 0) is 14.4 Å². The minimum Gasteiger partial charge on any atom is -0.481 e. The Morgan fingerprint density at radius 2 is 1.44 bits per heavy atom. The number of rotatable bonds is 12. The molecular formula is C13H23N5O7. The molecule has 0 saturated carbocycles. The monoisotopic (exact) mass is 361 g/mol. The number of hydrogen-bond donors (Lipinski definition) is 8. The normalized spacial score (nSPS) is 12.5. The Kier molecular flexibility index (Phi) is 10.1. The third-order valence-corrected chi connectivity index (χ3v) is 3.09. The van der Waals surface area contributed by atoms with E-state index in [1.165, 1.54) is 0 Å². The highest BCUT2D eigenvalue weighted by Gasteiger charge is 2.24. The van der Waals surface area contributed by atoms with Crippen LogP contribution in [0.15, 0.2) is 0 Å². The van der Waals surface area contributed by atoms with E-state index in [1.54, 1.807) is 0 Å². The molecule has 0 aromatic carbocycles. The van der Waals surface area contributed by atoms with E-state index in [4.69, 9.17) is 26.5 Å². The van der Waals surface area contributed by atoms with E-state index in [-0.39, 0.29) is 18.8 Å². The number of carbonyl (C=O) groups excluding carboxylic acids is 1. The molecule has 9 N–H and O–H groups in total. The van der Waals surface area contributed by atoms with Gasteiger partial charge in [-0.2, -0.15) is 0 Å². The number of nitrogens with one attached hydrogen (secondary N) is 4. The van der Waals surface area contributed by atoms with Gasteiger partial charge in [0.1, 0.15) is 12.1 Å². The predicted molar refractivity (Wildman–Crippen MR) is 85.2 cm³/mol. The van der Waals surface area contributed by atoms with Crippen molar-refractivity contribution < 1.29 is 34.5 Å². The number of guanidine groups is 1. The second-order valence-corrected chi connectivity index (χ2v) is 5.17. The summed E-state index contributed by atoms with van der Waals surface area (Å²) in [5.74, 6) is -4.12. The summed E-state index contributed by atoms with van der Waals surface area (Å²) in [6.07, 6.45) is 0.242. The molecule has 0 spiro atoms. The Hall–Kier alpha value is -3.05. The highest BCUT2D eigenvalue weighted by atomic mass is 16.4. The van der Waals surface area contributed by atoms with Gasteiger partial charge in [0.15, 0.2) is 5.96 Å². The number of carboxylic acid groups (broad SMARTS) is 3. The number of unbranched alkanes of at least 4 members (excludes halogenated alkanes) is 1. The number of amides is 2. The molecule has 0 heterocycles. The third-order valence-electron chi connectivity index (χ3n) is 3.09. The first kappa shape index (κ1) is 21.9. The molecule has 12 nitrogen and oxygen atoms in total. The van der Waals surface area contributed by atoms with E-state index in [9.17, 15) is 19.2 Å². The maximum atomic E-state index is 11.7. The summed E-state index contributed by atoms with van der Waals surface area (Å²) in [4.78, 5) is 44.3. The Balaban J connectivity index is 4.41. The van der Waals surface area contributed by atoms with Gasteiger partial charge in [0.2, 0.25) is 0 Å². The number of nitrogens with two attached hydrogens (primary N) is 1. The topological polar surface area (TPSA) is 215 Å². The number of carboxylic acids is 3. The molecule has 25 heavy (non-hydrogen) atoms. The molecule has 0 aromatic rings. The predicted octanol–water partition coefficient (Wildman–Crippen LogP) is -1.29. The molecule has 0 aliphatic carbocycles. The minimum absolute atomic E-state index is 0.0925. The lowest BCUT2D eigenvalue weighted by Gasteiger charge is -2.18. The molecule has 0 saturated heterocycles. The van der Waals surface area contributed by atoms with Gasteiger partial charge in [-0.1, -0.05) is 0 Å². The zero-order valence-electron chi connectivity index (χ0n) is 13.4. The van der Waals surface area contributed by atoms with Crippen LogP contribution in [0.4, 0.5) is 4.79 Å². The molecule has 0 rings (SSSR count). The highest BCUT2D eigenvalue weighted by Crippen LogP contribution is 2.02. The van der Waals surface area contributed by atoms with Crippen molar-refractivity contribution in [3.63, 3.8) is 0 Å². The van der Waals surface area contributed by atoms with Gasteiger partial charge in [0.25, 0.3) is 0 Å². The Morgan fingerprint density at radius 1 is 0.920 bits per heavy atom. The molecule has 0 fully saturated rings. The Bertz CT molecular complexity index is 511. The van der Waals surface area contributed by atoms with E-state index in [0.29, 0.717) is 19.4 Å². The first-order valence-corrected chi connectivity index (χ1v) is 7.45. The first-order chi connectivity index (χ1) is 11.6. The van der Waals surface area contributed by atoms with Crippen LogP contribution in [0.25, 0.3) is 0 Å². The molecule has 12 heteroatoms. The average Bonchev–Trinajstić information content (AvgIpc) is 2.48. The van der Waals surface area contributed by atoms with Crippen LogP contribution in [0, 0.1) is 5.41 Å². The number of aliphatic carboxylic acids is 3. The number of carbonyl (C=O) groups is 4. The first-order valence-electron chi connectivity index (χ1n) is 7.45. The van der Waals surface area contributed by atoms with Crippen molar-refractivity contribution in [2.75, 3.05) is 6.54 Å². The van der Waals surface area contributed by atoms with Crippen LogP contribution < -0.4 is 21.7 Å². The fraction of sp³-hybridized carbons (Fsp3) is 0.615. The van der Waals surface area contributed by atoms with E-state index < -0.39 is 42.4 Å². The van der Waals surface area contributed by atoms with Crippen LogP contribution in [0.2, 0.25) is 0 Å². The van der Waals surface area contributed by atoms with Crippen LogP contribution in [-0.4, -0.2) is 63.8 Å². The van der Waals surface area contributed by atoms with Gasteiger partial charge in [0.05, 0.1) is 0 Å². The van der Waals surface area contributed by atoms with E-state index in [0.717, 1.165) is 0 Å². The standard InChI is InChI=1S/C13H23N5O7/c14-12(15)16-6-2-1-3-7(10(21)22)17-13(25)18-8(11(23)24)4-5-9(19)20/h7-8H,1-6H2,(H,19,20)(H,21,22)(H,23,24)(H4,14,15,16)(H2,17,18,25)/t7-,8-/m0/s1. The van der Waals surface area contributed by atoms with Gasteiger partial charge in [-0.05, 0) is 25.7 Å². The van der Waals surface area contributed by atoms with E-state index in [1.807, 2.05) is 5.32 Å². The lowest BCUT2D eigenvalue weighted by atomic mass is 10.1. The molecule has 0 bridgehead atoms.